The lowest BCUT2D eigenvalue weighted by atomic mass is 10.1. The summed E-state index contributed by atoms with van der Waals surface area (Å²) in [6, 6.07) is 11.9. The summed E-state index contributed by atoms with van der Waals surface area (Å²) in [6.45, 7) is 1.07. The second-order valence-corrected chi connectivity index (χ2v) is 5.97. The maximum Gasteiger partial charge on any atom is 0.339 e. The van der Waals surface area contributed by atoms with Gasteiger partial charge < -0.3 is 15.0 Å². The van der Waals surface area contributed by atoms with Crippen molar-refractivity contribution in [3.63, 3.8) is 0 Å². The number of carbonyl (C=O) groups is 2. The molecule has 0 radical (unpaired) electrons. The minimum Gasteiger partial charge on any atom is -0.452 e. The second-order valence-electron chi connectivity index (χ2n) is 5.97. The molecule has 2 N–H and O–H groups in total. The first kappa shape index (κ1) is 18.8. The summed E-state index contributed by atoms with van der Waals surface area (Å²) >= 11 is 0. The number of H-pyrrole nitrogens is 1. The van der Waals surface area contributed by atoms with Gasteiger partial charge in [-0.1, -0.05) is 24.3 Å². The number of esters is 1. The predicted molar refractivity (Wildman–Crippen MR) is 101 cm³/mol. The van der Waals surface area contributed by atoms with Crippen molar-refractivity contribution in [1.29, 1.82) is 0 Å². The van der Waals surface area contributed by atoms with E-state index in [1.54, 1.807) is 31.2 Å². The Bertz CT molecular complexity index is 1150. The Labute approximate surface area is 158 Å². The summed E-state index contributed by atoms with van der Waals surface area (Å²) in [5.74, 6) is -1.49. The molecule has 0 aliphatic heterocycles. The highest BCUT2D eigenvalue weighted by atomic mass is 16.6. The van der Waals surface area contributed by atoms with Crippen LogP contribution in [0, 0.1) is 17.0 Å². The third kappa shape index (κ3) is 4.04. The van der Waals surface area contributed by atoms with Crippen LogP contribution in [0.25, 0.3) is 10.9 Å². The third-order valence-corrected chi connectivity index (χ3v) is 4.01. The normalized spacial score (nSPS) is 10.5. The van der Waals surface area contributed by atoms with Gasteiger partial charge in [-0.2, -0.15) is 0 Å². The maximum atomic E-state index is 12.3. The van der Waals surface area contributed by atoms with E-state index in [9.17, 15) is 24.5 Å². The molecule has 3 rings (SSSR count). The molecule has 0 saturated carbocycles. The van der Waals surface area contributed by atoms with Crippen LogP contribution in [-0.4, -0.2) is 28.4 Å². The van der Waals surface area contributed by atoms with Gasteiger partial charge in [-0.25, -0.2) is 4.79 Å². The van der Waals surface area contributed by atoms with E-state index in [4.69, 9.17) is 4.74 Å². The monoisotopic (exact) mass is 381 g/mol. The molecule has 1 amide bonds. The molecule has 0 aliphatic rings. The van der Waals surface area contributed by atoms with E-state index < -0.39 is 29.0 Å². The fourth-order valence-electron chi connectivity index (χ4n) is 2.63. The van der Waals surface area contributed by atoms with E-state index in [1.165, 1.54) is 18.2 Å². The fraction of sp³-hybridized carbons (Fsp3) is 0.105. The summed E-state index contributed by atoms with van der Waals surface area (Å²) in [4.78, 5) is 49.0. The number of hydrogen-bond donors (Lipinski definition) is 2. The number of amides is 1. The molecule has 0 saturated heterocycles. The number of fused-ring (bicyclic) bond motifs is 1. The van der Waals surface area contributed by atoms with Crippen molar-refractivity contribution in [3.05, 3.63) is 80.1 Å². The van der Waals surface area contributed by atoms with Gasteiger partial charge in [0.2, 0.25) is 5.56 Å². The molecule has 0 unspecified atom stereocenters. The molecule has 2 aromatic carbocycles. The first-order chi connectivity index (χ1) is 13.3. The van der Waals surface area contributed by atoms with Crippen molar-refractivity contribution in [2.24, 2.45) is 0 Å². The average Bonchev–Trinajstić information content (AvgIpc) is 2.67. The third-order valence-electron chi connectivity index (χ3n) is 4.01. The largest absolute Gasteiger partial charge is 0.452 e. The summed E-state index contributed by atoms with van der Waals surface area (Å²) in [5.41, 5.74) is 0.732. The van der Waals surface area contributed by atoms with Gasteiger partial charge in [0.05, 0.1) is 16.2 Å². The van der Waals surface area contributed by atoms with Crippen LogP contribution in [-0.2, 0) is 9.53 Å². The Morgan fingerprint density at radius 2 is 1.93 bits per heavy atom. The van der Waals surface area contributed by atoms with Gasteiger partial charge in [0.15, 0.2) is 6.61 Å². The van der Waals surface area contributed by atoms with Crippen molar-refractivity contribution in [1.82, 2.24) is 4.98 Å². The van der Waals surface area contributed by atoms with Crippen molar-refractivity contribution in [2.75, 3.05) is 11.9 Å². The number of nitro groups is 1. The van der Waals surface area contributed by atoms with Gasteiger partial charge in [-0.15, -0.1) is 0 Å². The smallest absolute Gasteiger partial charge is 0.339 e. The summed E-state index contributed by atoms with van der Waals surface area (Å²) in [7, 11) is 0. The van der Waals surface area contributed by atoms with Crippen LogP contribution in [0.2, 0.25) is 0 Å². The average molecular weight is 381 g/mol. The number of hydrogen-bond acceptors (Lipinski definition) is 6. The molecule has 3 aromatic rings. The molecule has 28 heavy (non-hydrogen) atoms. The predicted octanol–water partition coefficient (Wildman–Crippen LogP) is 2.54. The SMILES string of the molecule is Cc1ccc([N+](=O)[O-])cc1NC(=O)COC(=O)c1cc(=O)[nH]c2ccccc12. The molecule has 0 atom stereocenters. The van der Waals surface area contributed by atoms with E-state index >= 15 is 0 Å². The van der Waals surface area contributed by atoms with Crippen molar-refractivity contribution < 1.29 is 19.2 Å². The number of aryl methyl sites for hydroxylation is 1. The minimum atomic E-state index is -0.826. The lowest BCUT2D eigenvalue weighted by molar-refractivity contribution is -0.384. The first-order valence-electron chi connectivity index (χ1n) is 8.19. The van der Waals surface area contributed by atoms with Crippen molar-refractivity contribution >= 4 is 34.2 Å². The molecule has 9 heteroatoms. The number of nitrogens with zero attached hydrogens (tertiary/aromatic N) is 1. The maximum absolute atomic E-state index is 12.3. The number of nitro benzene ring substituents is 1. The number of para-hydroxylation sites is 1. The van der Waals surface area contributed by atoms with Crippen LogP contribution in [0.15, 0.2) is 53.3 Å². The highest BCUT2D eigenvalue weighted by Crippen LogP contribution is 2.22. The number of anilines is 1. The van der Waals surface area contributed by atoms with E-state index in [0.717, 1.165) is 6.07 Å². The minimum absolute atomic E-state index is 0.0404. The standard InChI is InChI=1S/C19H15N3O6/c1-11-6-7-12(22(26)27)8-16(11)21-18(24)10-28-19(25)14-9-17(23)20-15-5-3-2-4-13(14)15/h2-9H,10H2,1H3,(H,20,23)(H,21,24). The highest BCUT2D eigenvalue weighted by Gasteiger charge is 2.16. The number of benzene rings is 2. The number of aromatic amines is 1. The Morgan fingerprint density at radius 1 is 1.18 bits per heavy atom. The zero-order valence-electron chi connectivity index (χ0n) is 14.7. The first-order valence-corrected chi connectivity index (χ1v) is 8.19. The van der Waals surface area contributed by atoms with Crippen LogP contribution in [0.5, 0.6) is 0 Å². The van der Waals surface area contributed by atoms with Gasteiger partial charge in [0.1, 0.15) is 0 Å². The lowest BCUT2D eigenvalue weighted by Crippen LogP contribution is -2.22. The topological polar surface area (TPSA) is 131 Å². The zero-order chi connectivity index (χ0) is 20.3. The van der Waals surface area contributed by atoms with Gasteiger partial charge in [-0.05, 0) is 18.6 Å². The number of rotatable bonds is 5. The van der Waals surface area contributed by atoms with Gasteiger partial charge in [0.25, 0.3) is 11.6 Å². The van der Waals surface area contributed by atoms with Crippen LogP contribution in [0.1, 0.15) is 15.9 Å². The number of aromatic nitrogens is 1. The number of carbonyl (C=O) groups excluding carboxylic acids is 2. The molecular weight excluding hydrogens is 366 g/mol. The van der Waals surface area contributed by atoms with Crippen LogP contribution < -0.4 is 10.9 Å². The van der Waals surface area contributed by atoms with E-state index in [-0.39, 0.29) is 16.9 Å². The number of pyridine rings is 1. The number of non-ortho nitro benzene ring substituents is 1. The summed E-state index contributed by atoms with van der Waals surface area (Å²) in [5, 5.41) is 13.8. The van der Waals surface area contributed by atoms with Gasteiger partial charge in [-0.3, -0.25) is 19.7 Å². The van der Waals surface area contributed by atoms with Crippen LogP contribution in [0.4, 0.5) is 11.4 Å². The van der Waals surface area contributed by atoms with Crippen molar-refractivity contribution in [3.8, 4) is 0 Å². The molecule has 0 aliphatic carbocycles. The highest BCUT2D eigenvalue weighted by molar-refractivity contribution is 6.04. The van der Waals surface area contributed by atoms with E-state index in [0.29, 0.717) is 16.5 Å². The fourth-order valence-corrected chi connectivity index (χ4v) is 2.63. The molecule has 1 aromatic heterocycles. The van der Waals surface area contributed by atoms with Gasteiger partial charge in [0, 0.05) is 29.1 Å². The Morgan fingerprint density at radius 3 is 2.68 bits per heavy atom. The molecule has 142 valence electrons. The molecule has 0 spiro atoms. The number of ether oxygens (including phenoxy) is 1. The van der Waals surface area contributed by atoms with E-state index in [1.807, 2.05) is 0 Å². The molecular formula is C19H15N3O6. The van der Waals surface area contributed by atoms with E-state index in [2.05, 4.69) is 10.3 Å². The summed E-state index contributed by atoms with van der Waals surface area (Å²) < 4.78 is 5.01. The second kappa shape index (κ2) is 7.70. The Balaban J connectivity index is 1.72. The number of nitrogens with one attached hydrogen (secondary N) is 2. The van der Waals surface area contributed by atoms with Crippen LogP contribution >= 0.6 is 0 Å². The lowest BCUT2D eigenvalue weighted by Gasteiger charge is -2.10. The Kier molecular flexibility index (Phi) is 5.16. The zero-order valence-corrected chi connectivity index (χ0v) is 14.7. The molecule has 0 fully saturated rings. The van der Waals surface area contributed by atoms with Crippen molar-refractivity contribution in [2.45, 2.75) is 6.92 Å². The quantitative estimate of drug-likeness (QED) is 0.397. The van der Waals surface area contributed by atoms with Gasteiger partial charge >= 0.3 is 5.97 Å². The molecule has 9 nitrogen and oxygen atoms in total. The summed E-state index contributed by atoms with van der Waals surface area (Å²) in [6.07, 6.45) is 0. The molecule has 1 heterocycles. The Hall–Kier alpha value is -4.01. The van der Waals surface area contributed by atoms with Crippen LogP contribution in [0.3, 0.4) is 0 Å². The molecule has 0 bridgehead atoms.